The molecule has 0 spiro atoms. The predicted molar refractivity (Wildman–Crippen MR) is 80.5 cm³/mol. The SMILES string of the molecule is CCC(NC(=O)C(C(N)=NO)C(C)C)C1CCCCC1. The number of carbonyl (C=O) groups is 1. The van der Waals surface area contributed by atoms with Crippen molar-refractivity contribution in [3.8, 4) is 0 Å². The molecule has 5 heteroatoms. The molecular formula is C15H29N3O2. The number of oxime groups is 1. The summed E-state index contributed by atoms with van der Waals surface area (Å²) in [4.78, 5) is 12.4. The minimum absolute atomic E-state index is 0.00371. The number of hydrogen-bond donors (Lipinski definition) is 3. The Hall–Kier alpha value is -1.26. The van der Waals surface area contributed by atoms with Crippen LogP contribution in [0.15, 0.2) is 5.16 Å². The summed E-state index contributed by atoms with van der Waals surface area (Å²) in [5.41, 5.74) is 5.65. The van der Waals surface area contributed by atoms with Crippen LogP contribution >= 0.6 is 0 Å². The maximum atomic E-state index is 12.4. The van der Waals surface area contributed by atoms with E-state index in [2.05, 4.69) is 17.4 Å². The summed E-state index contributed by atoms with van der Waals surface area (Å²) in [5, 5.41) is 15.0. The van der Waals surface area contributed by atoms with Crippen LogP contribution < -0.4 is 11.1 Å². The number of amides is 1. The topological polar surface area (TPSA) is 87.7 Å². The highest BCUT2D eigenvalue weighted by atomic mass is 16.4. The molecule has 0 aromatic heterocycles. The fourth-order valence-corrected chi connectivity index (χ4v) is 3.20. The van der Waals surface area contributed by atoms with E-state index in [9.17, 15) is 4.79 Å². The fourth-order valence-electron chi connectivity index (χ4n) is 3.20. The van der Waals surface area contributed by atoms with Crippen LogP contribution in [-0.2, 0) is 4.79 Å². The molecule has 20 heavy (non-hydrogen) atoms. The Kier molecular flexibility index (Phi) is 6.82. The van der Waals surface area contributed by atoms with Crippen molar-refractivity contribution >= 4 is 11.7 Å². The molecule has 2 atom stereocenters. The number of nitrogens with two attached hydrogens (primary N) is 1. The molecule has 0 saturated heterocycles. The molecule has 1 aliphatic carbocycles. The summed E-state index contributed by atoms with van der Waals surface area (Å²) >= 11 is 0. The summed E-state index contributed by atoms with van der Waals surface area (Å²) in [6.45, 7) is 5.92. The van der Waals surface area contributed by atoms with Crippen molar-refractivity contribution in [2.24, 2.45) is 28.6 Å². The van der Waals surface area contributed by atoms with E-state index in [1.54, 1.807) is 0 Å². The molecule has 4 N–H and O–H groups in total. The van der Waals surface area contributed by atoms with E-state index in [0.29, 0.717) is 5.92 Å². The van der Waals surface area contributed by atoms with Gasteiger partial charge in [-0.2, -0.15) is 0 Å². The van der Waals surface area contributed by atoms with Gasteiger partial charge in [0.25, 0.3) is 0 Å². The van der Waals surface area contributed by atoms with Gasteiger partial charge in [0.15, 0.2) is 5.84 Å². The van der Waals surface area contributed by atoms with Crippen molar-refractivity contribution < 1.29 is 10.0 Å². The normalized spacial score (nSPS) is 20.7. The van der Waals surface area contributed by atoms with Gasteiger partial charge in [-0.15, -0.1) is 0 Å². The van der Waals surface area contributed by atoms with Crippen LogP contribution in [0.2, 0.25) is 0 Å². The van der Waals surface area contributed by atoms with Crippen molar-refractivity contribution in [2.75, 3.05) is 0 Å². The van der Waals surface area contributed by atoms with Crippen LogP contribution in [0.1, 0.15) is 59.3 Å². The summed E-state index contributed by atoms with van der Waals surface area (Å²) < 4.78 is 0. The lowest BCUT2D eigenvalue weighted by Gasteiger charge is -2.31. The van der Waals surface area contributed by atoms with Gasteiger partial charge in [0.05, 0.1) is 0 Å². The maximum absolute atomic E-state index is 12.4. The van der Waals surface area contributed by atoms with E-state index in [-0.39, 0.29) is 23.7 Å². The number of carbonyl (C=O) groups excluding carboxylic acids is 1. The van der Waals surface area contributed by atoms with Gasteiger partial charge < -0.3 is 16.3 Å². The molecule has 0 radical (unpaired) electrons. The van der Waals surface area contributed by atoms with E-state index in [1.165, 1.54) is 32.1 Å². The molecule has 0 aliphatic heterocycles. The Balaban J connectivity index is 2.69. The lowest BCUT2D eigenvalue weighted by atomic mass is 9.82. The van der Waals surface area contributed by atoms with Crippen molar-refractivity contribution in [3.05, 3.63) is 0 Å². The zero-order chi connectivity index (χ0) is 15.1. The molecule has 2 unspecified atom stereocenters. The minimum Gasteiger partial charge on any atom is -0.409 e. The summed E-state index contributed by atoms with van der Waals surface area (Å²) in [7, 11) is 0. The Labute approximate surface area is 122 Å². The molecule has 0 bridgehead atoms. The Morgan fingerprint density at radius 3 is 2.40 bits per heavy atom. The minimum atomic E-state index is -0.558. The molecule has 1 amide bonds. The number of nitrogens with one attached hydrogen (secondary N) is 1. The van der Waals surface area contributed by atoms with Crippen molar-refractivity contribution in [3.63, 3.8) is 0 Å². The van der Waals surface area contributed by atoms with E-state index < -0.39 is 5.92 Å². The molecule has 5 nitrogen and oxygen atoms in total. The van der Waals surface area contributed by atoms with Gasteiger partial charge in [-0.05, 0) is 31.1 Å². The van der Waals surface area contributed by atoms with Crippen LogP contribution in [0.25, 0.3) is 0 Å². The Morgan fingerprint density at radius 1 is 1.35 bits per heavy atom. The van der Waals surface area contributed by atoms with Gasteiger partial charge in [0.2, 0.25) is 5.91 Å². The molecule has 1 fully saturated rings. The average molecular weight is 283 g/mol. The molecular weight excluding hydrogens is 254 g/mol. The number of nitrogens with zero attached hydrogens (tertiary/aromatic N) is 1. The number of amidine groups is 1. The smallest absolute Gasteiger partial charge is 0.231 e. The van der Waals surface area contributed by atoms with Gasteiger partial charge in [-0.25, -0.2) is 0 Å². The second-order valence-electron chi connectivity index (χ2n) is 6.17. The molecule has 0 aromatic rings. The first-order valence-corrected chi connectivity index (χ1v) is 7.79. The lowest BCUT2D eigenvalue weighted by Crippen LogP contribution is -2.48. The first-order valence-electron chi connectivity index (χ1n) is 7.79. The Bertz CT molecular complexity index is 336. The largest absolute Gasteiger partial charge is 0.409 e. The van der Waals surface area contributed by atoms with Crippen LogP contribution in [0.4, 0.5) is 0 Å². The highest BCUT2D eigenvalue weighted by Crippen LogP contribution is 2.28. The summed E-state index contributed by atoms with van der Waals surface area (Å²) in [5.74, 6) is -0.103. The second kappa shape index (κ2) is 8.12. The van der Waals surface area contributed by atoms with Crippen molar-refractivity contribution in [1.82, 2.24) is 5.32 Å². The second-order valence-corrected chi connectivity index (χ2v) is 6.17. The quantitative estimate of drug-likeness (QED) is 0.303. The van der Waals surface area contributed by atoms with E-state index in [1.807, 2.05) is 13.8 Å². The van der Waals surface area contributed by atoms with Crippen LogP contribution in [-0.4, -0.2) is 23.0 Å². The zero-order valence-electron chi connectivity index (χ0n) is 12.9. The predicted octanol–water partition coefficient (Wildman–Crippen LogP) is 2.48. The summed E-state index contributed by atoms with van der Waals surface area (Å²) in [6.07, 6.45) is 7.12. The van der Waals surface area contributed by atoms with E-state index in [0.717, 1.165) is 6.42 Å². The molecule has 1 rings (SSSR count). The van der Waals surface area contributed by atoms with Crippen molar-refractivity contribution in [1.29, 1.82) is 0 Å². The van der Waals surface area contributed by atoms with Crippen LogP contribution in [0.3, 0.4) is 0 Å². The van der Waals surface area contributed by atoms with E-state index in [4.69, 9.17) is 10.9 Å². The zero-order valence-corrected chi connectivity index (χ0v) is 12.9. The molecule has 1 aliphatic rings. The highest BCUT2D eigenvalue weighted by Gasteiger charge is 2.30. The van der Waals surface area contributed by atoms with Gasteiger partial charge in [0, 0.05) is 6.04 Å². The van der Waals surface area contributed by atoms with Gasteiger partial charge in [-0.1, -0.05) is 45.2 Å². The van der Waals surface area contributed by atoms with Crippen LogP contribution in [0.5, 0.6) is 0 Å². The average Bonchev–Trinajstić information content (AvgIpc) is 2.45. The summed E-state index contributed by atoms with van der Waals surface area (Å²) in [6, 6.07) is 0.204. The van der Waals surface area contributed by atoms with E-state index >= 15 is 0 Å². The molecule has 0 aromatic carbocycles. The first kappa shape index (κ1) is 16.8. The monoisotopic (exact) mass is 283 g/mol. The molecule has 116 valence electrons. The van der Waals surface area contributed by atoms with Crippen molar-refractivity contribution in [2.45, 2.75) is 65.3 Å². The third kappa shape index (κ3) is 4.39. The Morgan fingerprint density at radius 2 is 1.95 bits per heavy atom. The lowest BCUT2D eigenvalue weighted by molar-refractivity contribution is -0.125. The van der Waals surface area contributed by atoms with Gasteiger partial charge in [0.1, 0.15) is 5.92 Å². The number of hydrogen-bond acceptors (Lipinski definition) is 3. The first-order chi connectivity index (χ1) is 9.51. The molecule has 0 heterocycles. The maximum Gasteiger partial charge on any atom is 0.231 e. The third-order valence-corrected chi connectivity index (χ3v) is 4.37. The fraction of sp³-hybridized carbons (Fsp3) is 0.867. The standard InChI is InChI=1S/C15H29N3O2/c1-4-12(11-8-6-5-7-9-11)17-15(19)13(10(2)3)14(16)18-20/h10-13,20H,4-9H2,1-3H3,(H2,16,18)(H,17,19). The number of rotatable bonds is 6. The van der Waals surface area contributed by atoms with Crippen LogP contribution in [0, 0.1) is 17.8 Å². The third-order valence-electron chi connectivity index (χ3n) is 4.37. The van der Waals surface area contributed by atoms with Gasteiger partial charge >= 0.3 is 0 Å². The highest BCUT2D eigenvalue weighted by molar-refractivity contribution is 6.02. The molecule has 1 saturated carbocycles. The van der Waals surface area contributed by atoms with Gasteiger partial charge in [-0.3, -0.25) is 4.79 Å².